The predicted octanol–water partition coefficient (Wildman–Crippen LogP) is 2.17. The third-order valence-electron chi connectivity index (χ3n) is 4.06. The number of ether oxygens (including phenoxy) is 3. The van der Waals surface area contributed by atoms with Crippen LogP contribution in [0.4, 0.5) is 0 Å². The lowest BCUT2D eigenvalue weighted by Gasteiger charge is -2.25. The van der Waals surface area contributed by atoms with Crippen LogP contribution < -0.4 is 9.47 Å². The lowest BCUT2D eigenvalue weighted by Crippen LogP contribution is -2.39. The number of hydrogen-bond acceptors (Lipinski definition) is 6. The van der Waals surface area contributed by atoms with Gasteiger partial charge in [0.05, 0.1) is 26.3 Å². The molecule has 0 saturated heterocycles. The van der Waals surface area contributed by atoms with Crippen LogP contribution in [0.1, 0.15) is 5.56 Å². The summed E-state index contributed by atoms with van der Waals surface area (Å²) in [5.74, 6) is 1.72. The fourth-order valence-corrected chi connectivity index (χ4v) is 2.75. The minimum Gasteiger partial charge on any atom is -0.487 e. The number of pyridine rings is 1. The molecule has 27 heavy (non-hydrogen) atoms. The van der Waals surface area contributed by atoms with E-state index in [1.807, 2.05) is 55.4 Å². The number of rotatable bonds is 2. The molecular weight excluding hydrogens is 346 g/mol. The number of likely N-dealkylation sites (N-methyl/N-ethyl adjacent to an activating group) is 1. The Kier molecular flexibility index (Phi) is 6.62. The molecule has 0 aliphatic carbocycles. The largest absolute Gasteiger partial charge is 0.487 e. The molecule has 1 aliphatic heterocycles. The predicted molar refractivity (Wildman–Crippen MR) is 101 cm³/mol. The highest BCUT2D eigenvalue weighted by atomic mass is 16.5. The molecule has 0 radical (unpaired) electrons. The lowest BCUT2D eigenvalue weighted by atomic mass is 10.2. The molecule has 144 valence electrons. The van der Waals surface area contributed by atoms with E-state index >= 15 is 0 Å². The molecule has 0 saturated carbocycles. The number of fused-ring (bicyclic) bond motifs is 2. The fourth-order valence-electron chi connectivity index (χ4n) is 2.75. The summed E-state index contributed by atoms with van der Waals surface area (Å²) in [6.07, 6.45) is 1.68. The Morgan fingerprint density at radius 2 is 1.93 bits per heavy atom. The maximum absolute atomic E-state index is 12.6. The molecule has 1 aromatic heterocycles. The van der Waals surface area contributed by atoms with Crippen LogP contribution in [0.2, 0.25) is 0 Å². The molecule has 0 N–H and O–H groups in total. The maximum Gasteiger partial charge on any atom is 0.237 e. The van der Waals surface area contributed by atoms with Crippen LogP contribution in [0.15, 0.2) is 42.6 Å². The van der Waals surface area contributed by atoms with Gasteiger partial charge in [0.1, 0.15) is 6.61 Å². The third-order valence-corrected chi connectivity index (χ3v) is 4.06. The van der Waals surface area contributed by atoms with Gasteiger partial charge in [0.15, 0.2) is 11.5 Å². The number of amides is 1. The Bertz CT molecular complexity index is 766. The molecule has 3 rings (SSSR count). The monoisotopic (exact) mass is 371 g/mol. The molecule has 1 amide bonds. The van der Waals surface area contributed by atoms with Gasteiger partial charge in [-0.2, -0.15) is 0 Å². The average molecular weight is 371 g/mol. The Morgan fingerprint density at radius 1 is 1.11 bits per heavy atom. The first-order chi connectivity index (χ1) is 13.1. The summed E-state index contributed by atoms with van der Waals surface area (Å²) in [7, 11) is 3.75. The van der Waals surface area contributed by atoms with E-state index in [4.69, 9.17) is 14.2 Å². The smallest absolute Gasteiger partial charge is 0.237 e. The zero-order valence-electron chi connectivity index (χ0n) is 15.8. The quantitative estimate of drug-likeness (QED) is 0.806. The van der Waals surface area contributed by atoms with Crippen molar-refractivity contribution in [3.8, 4) is 17.4 Å². The van der Waals surface area contributed by atoms with Crippen LogP contribution in [-0.2, 0) is 16.1 Å². The molecule has 0 spiro atoms. The molecule has 0 bridgehead atoms. The molecule has 2 aromatic rings. The van der Waals surface area contributed by atoms with Crippen LogP contribution in [-0.4, -0.2) is 67.7 Å². The minimum absolute atomic E-state index is 0.0323. The first-order valence-electron chi connectivity index (χ1n) is 8.97. The number of aromatic nitrogens is 1. The van der Waals surface area contributed by atoms with Gasteiger partial charge in [-0.1, -0.05) is 18.2 Å². The second kappa shape index (κ2) is 9.34. The highest BCUT2D eigenvalue weighted by Crippen LogP contribution is 2.32. The molecule has 0 fully saturated rings. The van der Waals surface area contributed by atoms with Gasteiger partial charge in [-0.3, -0.25) is 4.79 Å². The second-order valence-corrected chi connectivity index (χ2v) is 6.53. The van der Waals surface area contributed by atoms with Crippen molar-refractivity contribution in [1.29, 1.82) is 0 Å². The SMILES string of the molecule is CN(C)CC(=O)N1CCOCCOc2ccccc2Oc2ncccc2C1. The van der Waals surface area contributed by atoms with Gasteiger partial charge in [0.25, 0.3) is 0 Å². The van der Waals surface area contributed by atoms with E-state index in [2.05, 4.69) is 4.98 Å². The Balaban J connectivity index is 1.89. The normalized spacial score (nSPS) is 15.3. The van der Waals surface area contributed by atoms with Crippen LogP contribution in [0.3, 0.4) is 0 Å². The minimum atomic E-state index is 0.0323. The van der Waals surface area contributed by atoms with E-state index in [0.29, 0.717) is 56.8 Å². The maximum atomic E-state index is 12.6. The summed E-state index contributed by atoms with van der Waals surface area (Å²) in [5, 5.41) is 0. The van der Waals surface area contributed by atoms with E-state index < -0.39 is 0 Å². The van der Waals surface area contributed by atoms with Gasteiger partial charge in [-0.15, -0.1) is 0 Å². The third kappa shape index (κ3) is 5.42. The number of hydrogen-bond donors (Lipinski definition) is 0. The van der Waals surface area contributed by atoms with Gasteiger partial charge in [0, 0.05) is 18.3 Å². The van der Waals surface area contributed by atoms with Crippen LogP contribution in [0.25, 0.3) is 0 Å². The van der Waals surface area contributed by atoms with Crippen molar-refractivity contribution in [2.75, 3.05) is 47.0 Å². The highest BCUT2D eigenvalue weighted by molar-refractivity contribution is 5.78. The fraction of sp³-hybridized carbons (Fsp3) is 0.400. The van der Waals surface area contributed by atoms with Crippen LogP contribution in [0.5, 0.6) is 17.4 Å². The summed E-state index contributed by atoms with van der Waals surface area (Å²) in [6, 6.07) is 11.2. The molecule has 0 unspecified atom stereocenters. The summed E-state index contributed by atoms with van der Waals surface area (Å²) in [6.45, 7) is 2.52. The summed E-state index contributed by atoms with van der Waals surface area (Å²) >= 11 is 0. The molecule has 2 heterocycles. The van der Waals surface area contributed by atoms with Crippen molar-refractivity contribution in [1.82, 2.24) is 14.8 Å². The van der Waals surface area contributed by atoms with Gasteiger partial charge < -0.3 is 24.0 Å². The zero-order chi connectivity index (χ0) is 19.1. The first kappa shape index (κ1) is 19.1. The number of benzene rings is 1. The lowest BCUT2D eigenvalue weighted by molar-refractivity contribution is -0.133. The van der Waals surface area contributed by atoms with Crippen molar-refractivity contribution in [3.63, 3.8) is 0 Å². The van der Waals surface area contributed by atoms with Crippen molar-refractivity contribution in [3.05, 3.63) is 48.2 Å². The number of nitrogens with zero attached hydrogens (tertiary/aromatic N) is 3. The van der Waals surface area contributed by atoms with Crippen LogP contribution in [0, 0.1) is 0 Å². The number of carbonyl (C=O) groups is 1. The first-order valence-corrected chi connectivity index (χ1v) is 8.97. The number of para-hydroxylation sites is 2. The summed E-state index contributed by atoms with van der Waals surface area (Å²) in [5.41, 5.74) is 0.832. The van der Waals surface area contributed by atoms with E-state index in [-0.39, 0.29) is 5.91 Å². The Morgan fingerprint density at radius 3 is 2.74 bits per heavy atom. The Hall–Kier alpha value is -2.64. The van der Waals surface area contributed by atoms with Crippen molar-refractivity contribution >= 4 is 5.91 Å². The van der Waals surface area contributed by atoms with Crippen molar-refractivity contribution in [2.45, 2.75) is 6.54 Å². The van der Waals surface area contributed by atoms with Crippen LogP contribution >= 0.6 is 0 Å². The molecule has 1 aromatic carbocycles. The molecular formula is C20H25N3O4. The standard InChI is InChI=1S/C20H25N3O4/c1-22(2)15-19(24)23-10-11-25-12-13-26-17-7-3-4-8-18(17)27-20-16(14-23)6-5-9-21-20/h3-9H,10-15H2,1-2H3. The van der Waals surface area contributed by atoms with E-state index in [1.165, 1.54) is 0 Å². The zero-order valence-corrected chi connectivity index (χ0v) is 15.8. The highest BCUT2D eigenvalue weighted by Gasteiger charge is 2.19. The van der Waals surface area contributed by atoms with E-state index in [0.717, 1.165) is 5.56 Å². The van der Waals surface area contributed by atoms with Gasteiger partial charge in [-0.25, -0.2) is 4.98 Å². The van der Waals surface area contributed by atoms with Crippen molar-refractivity contribution < 1.29 is 19.0 Å². The topological polar surface area (TPSA) is 64.1 Å². The van der Waals surface area contributed by atoms with E-state index in [1.54, 1.807) is 11.1 Å². The van der Waals surface area contributed by atoms with E-state index in [9.17, 15) is 4.79 Å². The molecule has 1 aliphatic rings. The second-order valence-electron chi connectivity index (χ2n) is 6.53. The van der Waals surface area contributed by atoms with Gasteiger partial charge >= 0.3 is 0 Å². The number of carbonyl (C=O) groups excluding carboxylic acids is 1. The summed E-state index contributed by atoms with van der Waals surface area (Å²) < 4.78 is 17.5. The average Bonchev–Trinajstić information content (AvgIpc) is 2.66. The Labute approximate surface area is 159 Å². The molecule has 0 atom stereocenters. The summed E-state index contributed by atoms with van der Waals surface area (Å²) in [4.78, 5) is 20.6. The van der Waals surface area contributed by atoms with Gasteiger partial charge in [-0.05, 0) is 32.3 Å². The molecule has 7 heteroatoms. The van der Waals surface area contributed by atoms with Crippen molar-refractivity contribution in [2.24, 2.45) is 0 Å². The van der Waals surface area contributed by atoms with Gasteiger partial charge in [0.2, 0.25) is 11.8 Å². The molecule has 7 nitrogen and oxygen atoms in total.